The van der Waals surface area contributed by atoms with Gasteiger partial charge in [-0.05, 0) is 24.6 Å². The van der Waals surface area contributed by atoms with E-state index in [0.29, 0.717) is 6.42 Å². The molecule has 0 saturated carbocycles. The number of anilines is 1. The molecule has 2 aromatic carbocycles. The number of hydrogen-bond acceptors (Lipinski definition) is 2. The first-order valence-electron chi connectivity index (χ1n) is 7.72. The first-order chi connectivity index (χ1) is 11.2. The van der Waals surface area contributed by atoms with Gasteiger partial charge >= 0.3 is 0 Å². The SMILES string of the molecule is Cc1ccc([C@H]2CC(=O)Nc3c2cnn3-c2ccccc2)cc1. The fourth-order valence-electron chi connectivity index (χ4n) is 3.08. The summed E-state index contributed by atoms with van der Waals surface area (Å²) in [7, 11) is 0. The monoisotopic (exact) mass is 303 g/mol. The molecule has 0 aliphatic carbocycles. The van der Waals surface area contributed by atoms with Gasteiger partial charge in [0.25, 0.3) is 0 Å². The minimum Gasteiger partial charge on any atom is -0.310 e. The number of aryl methyl sites for hydroxylation is 1. The summed E-state index contributed by atoms with van der Waals surface area (Å²) in [6.07, 6.45) is 2.32. The molecule has 0 spiro atoms. The first kappa shape index (κ1) is 13.8. The van der Waals surface area contributed by atoms with Crippen molar-refractivity contribution in [2.45, 2.75) is 19.3 Å². The van der Waals surface area contributed by atoms with Gasteiger partial charge in [0, 0.05) is 17.9 Å². The van der Waals surface area contributed by atoms with Gasteiger partial charge in [-0.3, -0.25) is 4.79 Å². The standard InChI is InChI=1S/C19H17N3O/c1-13-7-9-14(10-8-13)16-11-18(23)21-19-17(16)12-20-22(19)15-5-3-2-4-6-15/h2-10,12,16H,11H2,1H3,(H,21,23)/t16-/m1/s1. The predicted molar refractivity (Wildman–Crippen MR) is 89.8 cm³/mol. The molecule has 0 unspecified atom stereocenters. The second-order valence-corrected chi connectivity index (χ2v) is 5.91. The summed E-state index contributed by atoms with van der Waals surface area (Å²) in [6.45, 7) is 2.07. The Morgan fingerprint density at radius 3 is 2.57 bits per heavy atom. The Hall–Kier alpha value is -2.88. The van der Waals surface area contributed by atoms with Crippen molar-refractivity contribution >= 4 is 11.7 Å². The Bertz CT molecular complexity index is 850. The Morgan fingerprint density at radius 1 is 1.09 bits per heavy atom. The fraction of sp³-hybridized carbons (Fsp3) is 0.158. The van der Waals surface area contributed by atoms with Crippen LogP contribution < -0.4 is 5.32 Å². The molecule has 1 amide bonds. The molecule has 1 aliphatic rings. The maximum Gasteiger partial charge on any atom is 0.226 e. The number of hydrogen-bond donors (Lipinski definition) is 1. The fourth-order valence-corrected chi connectivity index (χ4v) is 3.08. The highest BCUT2D eigenvalue weighted by Crippen LogP contribution is 2.37. The van der Waals surface area contributed by atoms with Gasteiger partial charge in [0.2, 0.25) is 5.91 Å². The maximum absolute atomic E-state index is 12.2. The van der Waals surface area contributed by atoms with E-state index in [9.17, 15) is 4.79 Å². The van der Waals surface area contributed by atoms with Crippen LogP contribution in [0.15, 0.2) is 60.8 Å². The molecule has 1 atom stereocenters. The van der Waals surface area contributed by atoms with Crippen LogP contribution in [-0.4, -0.2) is 15.7 Å². The number of rotatable bonds is 2. The highest BCUT2D eigenvalue weighted by atomic mass is 16.1. The summed E-state index contributed by atoms with van der Waals surface area (Å²) < 4.78 is 1.80. The van der Waals surface area contributed by atoms with E-state index in [-0.39, 0.29) is 11.8 Å². The van der Waals surface area contributed by atoms with Crippen molar-refractivity contribution in [2.24, 2.45) is 0 Å². The van der Waals surface area contributed by atoms with Crippen molar-refractivity contribution in [3.05, 3.63) is 77.5 Å². The van der Waals surface area contributed by atoms with Gasteiger partial charge in [0.15, 0.2) is 0 Å². The molecule has 1 aliphatic heterocycles. The van der Waals surface area contributed by atoms with Gasteiger partial charge in [0.05, 0.1) is 11.9 Å². The van der Waals surface area contributed by atoms with Gasteiger partial charge in [0.1, 0.15) is 5.82 Å². The minimum atomic E-state index is 0.0285. The Morgan fingerprint density at radius 2 is 1.83 bits per heavy atom. The number of benzene rings is 2. The summed E-state index contributed by atoms with van der Waals surface area (Å²) in [4.78, 5) is 12.2. The Balaban J connectivity index is 1.81. The normalized spacial score (nSPS) is 16.7. The van der Waals surface area contributed by atoms with Crippen LogP contribution in [0.25, 0.3) is 5.69 Å². The second-order valence-electron chi connectivity index (χ2n) is 5.91. The van der Waals surface area contributed by atoms with Gasteiger partial charge in [-0.1, -0.05) is 48.0 Å². The summed E-state index contributed by atoms with van der Waals surface area (Å²) in [6, 6.07) is 18.2. The molecule has 4 rings (SSSR count). The van der Waals surface area contributed by atoms with Gasteiger partial charge in [-0.2, -0.15) is 5.10 Å². The van der Waals surface area contributed by atoms with E-state index in [1.807, 2.05) is 36.5 Å². The smallest absolute Gasteiger partial charge is 0.226 e. The molecule has 0 saturated heterocycles. The number of aromatic nitrogens is 2. The van der Waals surface area contributed by atoms with Crippen LogP contribution >= 0.6 is 0 Å². The predicted octanol–water partition coefficient (Wildman–Crippen LogP) is 3.65. The van der Waals surface area contributed by atoms with Crippen LogP contribution in [0.3, 0.4) is 0 Å². The van der Waals surface area contributed by atoms with Gasteiger partial charge < -0.3 is 5.32 Å². The lowest BCUT2D eigenvalue weighted by Crippen LogP contribution is -2.24. The molecule has 0 bridgehead atoms. The first-order valence-corrected chi connectivity index (χ1v) is 7.72. The van der Waals surface area contributed by atoms with Crippen LogP contribution in [0.4, 0.5) is 5.82 Å². The van der Waals surface area contributed by atoms with E-state index in [1.54, 1.807) is 4.68 Å². The average molecular weight is 303 g/mol. The van der Waals surface area contributed by atoms with Gasteiger partial charge in [-0.15, -0.1) is 0 Å². The number of nitrogens with one attached hydrogen (secondary N) is 1. The van der Waals surface area contributed by atoms with E-state index in [0.717, 1.165) is 22.6 Å². The van der Waals surface area contributed by atoms with Crippen molar-refractivity contribution in [1.82, 2.24) is 9.78 Å². The number of amides is 1. The maximum atomic E-state index is 12.2. The van der Waals surface area contributed by atoms with Crippen LogP contribution in [0.5, 0.6) is 0 Å². The van der Waals surface area contributed by atoms with Crippen LogP contribution in [0, 0.1) is 6.92 Å². The van der Waals surface area contributed by atoms with Crippen molar-refractivity contribution in [3.63, 3.8) is 0 Å². The Kier molecular flexibility index (Phi) is 3.23. The molecule has 23 heavy (non-hydrogen) atoms. The second kappa shape index (κ2) is 5.39. The van der Waals surface area contributed by atoms with Crippen molar-refractivity contribution < 1.29 is 4.79 Å². The molecule has 3 aromatic rings. The van der Waals surface area contributed by atoms with E-state index < -0.39 is 0 Å². The zero-order valence-electron chi connectivity index (χ0n) is 12.9. The molecule has 0 fully saturated rings. The third-order valence-corrected chi connectivity index (χ3v) is 4.30. The third-order valence-electron chi connectivity index (χ3n) is 4.30. The Labute approximate surface area is 134 Å². The zero-order chi connectivity index (χ0) is 15.8. The van der Waals surface area contributed by atoms with Crippen LogP contribution in [0.1, 0.15) is 29.0 Å². The van der Waals surface area contributed by atoms with Crippen LogP contribution in [0.2, 0.25) is 0 Å². The molecule has 2 heterocycles. The largest absolute Gasteiger partial charge is 0.310 e. The number of carbonyl (C=O) groups excluding carboxylic acids is 1. The average Bonchev–Trinajstić information content (AvgIpc) is 2.99. The molecule has 4 heteroatoms. The molecule has 114 valence electrons. The van der Waals surface area contributed by atoms with Crippen molar-refractivity contribution in [3.8, 4) is 5.69 Å². The summed E-state index contributed by atoms with van der Waals surface area (Å²) in [5.41, 5.74) is 4.38. The number of carbonyl (C=O) groups is 1. The summed E-state index contributed by atoms with van der Waals surface area (Å²) in [5, 5.41) is 7.48. The number of fused-ring (bicyclic) bond motifs is 1. The number of para-hydroxylation sites is 1. The molecule has 1 aromatic heterocycles. The van der Waals surface area contributed by atoms with Crippen molar-refractivity contribution in [1.29, 1.82) is 0 Å². The van der Waals surface area contributed by atoms with E-state index in [1.165, 1.54) is 5.56 Å². The van der Waals surface area contributed by atoms with Crippen molar-refractivity contribution in [2.75, 3.05) is 5.32 Å². The summed E-state index contributed by atoms with van der Waals surface area (Å²) >= 11 is 0. The number of nitrogens with zero attached hydrogens (tertiary/aromatic N) is 2. The highest BCUT2D eigenvalue weighted by Gasteiger charge is 2.30. The third kappa shape index (κ3) is 2.42. The van der Waals surface area contributed by atoms with E-state index in [2.05, 4.69) is 41.6 Å². The topological polar surface area (TPSA) is 46.9 Å². The molecule has 0 radical (unpaired) electrons. The lowest BCUT2D eigenvalue weighted by atomic mass is 9.87. The quantitative estimate of drug-likeness (QED) is 0.785. The molecule has 4 nitrogen and oxygen atoms in total. The lowest BCUT2D eigenvalue weighted by molar-refractivity contribution is -0.116. The minimum absolute atomic E-state index is 0.0285. The van der Waals surface area contributed by atoms with Gasteiger partial charge in [-0.25, -0.2) is 4.68 Å². The van der Waals surface area contributed by atoms with E-state index in [4.69, 9.17) is 0 Å². The zero-order valence-corrected chi connectivity index (χ0v) is 12.9. The lowest BCUT2D eigenvalue weighted by Gasteiger charge is -2.23. The highest BCUT2D eigenvalue weighted by molar-refractivity contribution is 5.94. The summed E-state index contributed by atoms with van der Waals surface area (Å²) in [5.74, 6) is 0.857. The van der Waals surface area contributed by atoms with Crippen LogP contribution in [-0.2, 0) is 4.79 Å². The molecular formula is C19H17N3O. The molecule has 1 N–H and O–H groups in total. The molecular weight excluding hydrogens is 286 g/mol. The van der Waals surface area contributed by atoms with E-state index >= 15 is 0 Å².